The standard InChI is InChI=1S/C19H33N5O2.HI/c1-19(2,3)16(25-5)14-23-18(20-4)22-13-15-7-6-8-21-17(15)24-9-11-26-12-10-24;/h6-8,16H,9-14H2,1-5H3,(H2,20,22,23);1H. The van der Waals surface area contributed by atoms with Gasteiger partial charge >= 0.3 is 0 Å². The van der Waals surface area contributed by atoms with E-state index in [4.69, 9.17) is 9.47 Å². The van der Waals surface area contributed by atoms with Gasteiger partial charge in [0.05, 0.1) is 19.3 Å². The molecule has 27 heavy (non-hydrogen) atoms. The molecule has 2 rings (SSSR count). The summed E-state index contributed by atoms with van der Waals surface area (Å²) < 4.78 is 11.0. The Kier molecular flexibility index (Phi) is 10.3. The molecule has 0 saturated carbocycles. The van der Waals surface area contributed by atoms with Crippen LogP contribution in [0, 0.1) is 5.41 Å². The highest BCUT2D eigenvalue weighted by atomic mass is 127. The van der Waals surface area contributed by atoms with E-state index < -0.39 is 0 Å². The molecule has 154 valence electrons. The van der Waals surface area contributed by atoms with E-state index in [9.17, 15) is 0 Å². The summed E-state index contributed by atoms with van der Waals surface area (Å²) in [6, 6.07) is 4.07. The molecule has 8 heteroatoms. The Morgan fingerprint density at radius 1 is 1.33 bits per heavy atom. The van der Waals surface area contributed by atoms with Crippen molar-refractivity contribution in [2.75, 3.05) is 51.9 Å². The van der Waals surface area contributed by atoms with Gasteiger partial charge in [0, 0.05) is 52.1 Å². The monoisotopic (exact) mass is 491 g/mol. The Morgan fingerprint density at radius 3 is 2.63 bits per heavy atom. The average Bonchev–Trinajstić information content (AvgIpc) is 2.64. The quantitative estimate of drug-likeness (QED) is 0.362. The van der Waals surface area contributed by atoms with Gasteiger partial charge in [0.25, 0.3) is 0 Å². The summed E-state index contributed by atoms with van der Waals surface area (Å²) >= 11 is 0. The molecule has 0 spiro atoms. The van der Waals surface area contributed by atoms with E-state index in [1.807, 2.05) is 12.3 Å². The van der Waals surface area contributed by atoms with Crippen LogP contribution in [0.3, 0.4) is 0 Å². The van der Waals surface area contributed by atoms with Gasteiger partial charge in [0.2, 0.25) is 0 Å². The Balaban J connectivity index is 0.00000364. The molecule has 0 bridgehead atoms. The summed E-state index contributed by atoms with van der Waals surface area (Å²) in [5.74, 6) is 1.77. The third-order valence-electron chi connectivity index (χ3n) is 4.55. The number of pyridine rings is 1. The molecule has 1 atom stereocenters. The normalized spacial score (nSPS) is 16.5. The number of nitrogens with zero attached hydrogens (tertiary/aromatic N) is 3. The van der Waals surface area contributed by atoms with E-state index in [0.717, 1.165) is 43.6 Å². The number of rotatable bonds is 6. The fraction of sp³-hybridized carbons (Fsp3) is 0.684. The highest BCUT2D eigenvalue weighted by molar-refractivity contribution is 14.0. The van der Waals surface area contributed by atoms with Crippen LogP contribution >= 0.6 is 24.0 Å². The lowest BCUT2D eigenvalue weighted by molar-refractivity contribution is 0.0205. The molecule has 0 aromatic carbocycles. The number of methoxy groups -OCH3 is 1. The van der Waals surface area contributed by atoms with Gasteiger partial charge in [-0.15, -0.1) is 24.0 Å². The van der Waals surface area contributed by atoms with Crippen molar-refractivity contribution in [3.63, 3.8) is 0 Å². The number of hydrogen-bond donors (Lipinski definition) is 2. The number of aliphatic imine (C=N–C) groups is 1. The number of halogens is 1. The van der Waals surface area contributed by atoms with E-state index in [1.165, 1.54) is 0 Å². The molecule has 7 nitrogen and oxygen atoms in total. The molecule has 1 aliphatic rings. The third-order valence-corrected chi connectivity index (χ3v) is 4.55. The minimum atomic E-state index is 0. The molecule has 2 heterocycles. The zero-order valence-electron chi connectivity index (χ0n) is 17.1. The summed E-state index contributed by atoms with van der Waals surface area (Å²) in [6.07, 6.45) is 1.94. The minimum absolute atomic E-state index is 0. The molecular formula is C19H34IN5O2. The molecule has 1 aromatic heterocycles. The maximum absolute atomic E-state index is 5.60. The molecule has 1 aliphatic heterocycles. The van der Waals surface area contributed by atoms with Gasteiger partial charge in [-0.3, -0.25) is 4.99 Å². The van der Waals surface area contributed by atoms with Crippen LogP contribution in [0.25, 0.3) is 0 Å². The van der Waals surface area contributed by atoms with Crippen LogP contribution in [0.1, 0.15) is 26.3 Å². The molecule has 1 unspecified atom stereocenters. The molecule has 1 aromatic rings. The number of morpholine rings is 1. The van der Waals surface area contributed by atoms with Crippen LogP contribution in [0.15, 0.2) is 23.3 Å². The Labute approximate surface area is 180 Å². The van der Waals surface area contributed by atoms with E-state index in [1.54, 1.807) is 14.2 Å². The van der Waals surface area contributed by atoms with Crippen LogP contribution in [0.4, 0.5) is 5.82 Å². The fourth-order valence-electron chi connectivity index (χ4n) is 2.96. The first-order valence-electron chi connectivity index (χ1n) is 9.19. The number of anilines is 1. The van der Waals surface area contributed by atoms with Crippen molar-refractivity contribution in [1.29, 1.82) is 0 Å². The van der Waals surface area contributed by atoms with E-state index in [-0.39, 0.29) is 35.5 Å². The second-order valence-electron chi connectivity index (χ2n) is 7.48. The number of nitrogens with one attached hydrogen (secondary N) is 2. The maximum Gasteiger partial charge on any atom is 0.191 e. The summed E-state index contributed by atoms with van der Waals surface area (Å²) in [4.78, 5) is 11.2. The zero-order valence-corrected chi connectivity index (χ0v) is 19.4. The zero-order chi connectivity index (χ0) is 19.0. The molecule has 2 N–H and O–H groups in total. The van der Waals surface area contributed by atoms with Crippen molar-refractivity contribution >= 4 is 35.8 Å². The topological polar surface area (TPSA) is 71.0 Å². The van der Waals surface area contributed by atoms with Crippen molar-refractivity contribution in [3.05, 3.63) is 23.9 Å². The average molecular weight is 491 g/mol. The van der Waals surface area contributed by atoms with E-state index in [2.05, 4.69) is 52.3 Å². The Hall–Kier alpha value is -1.13. The van der Waals surface area contributed by atoms with Crippen LogP contribution in [-0.4, -0.2) is 64.1 Å². The number of guanidine groups is 1. The minimum Gasteiger partial charge on any atom is -0.379 e. The van der Waals surface area contributed by atoms with Gasteiger partial charge in [-0.05, 0) is 11.5 Å². The SMILES string of the molecule is CN=C(NCc1cccnc1N1CCOCC1)NCC(OC)C(C)(C)C.I. The van der Waals surface area contributed by atoms with Crippen molar-refractivity contribution in [2.24, 2.45) is 10.4 Å². The Bertz CT molecular complexity index is 586. The second kappa shape index (κ2) is 11.7. The highest BCUT2D eigenvalue weighted by Crippen LogP contribution is 2.21. The van der Waals surface area contributed by atoms with Crippen LogP contribution in [0.2, 0.25) is 0 Å². The number of ether oxygens (including phenoxy) is 2. The van der Waals surface area contributed by atoms with Gasteiger partial charge in [-0.25, -0.2) is 4.98 Å². The van der Waals surface area contributed by atoms with Crippen molar-refractivity contribution in [1.82, 2.24) is 15.6 Å². The third kappa shape index (κ3) is 7.42. The summed E-state index contributed by atoms with van der Waals surface area (Å²) in [7, 11) is 3.53. The van der Waals surface area contributed by atoms with Crippen LogP contribution < -0.4 is 15.5 Å². The summed E-state index contributed by atoms with van der Waals surface area (Å²) in [5, 5.41) is 6.74. The van der Waals surface area contributed by atoms with Crippen molar-refractivity contribution in [3.8, 4) is 0 Å². The predicted molar refractivity (Wildman–Crippen MR) is 121 cm³/mol. The van der Waals surface area contributed by atoms with Crippen LogP contribution in [-0.2, 0) is 16.0 Å². The van der Waals surface area contributed by atoms with Gasteiger partial charge in [0.15, 0.2) is 5.96 Å². The first-order chi connectivity index (χ1) is 12.5. The maximum atomic E-state index is 5.60. The van der Waals surface area contributed by atoms with E-state index in [0.29, 0.717) is 13.1 Å². The molecule has 0 radical (unpaired) electrons. The first kappa shape index (κ1) is 23.9. The lowest BCUT2D eigenvalue weighted by Gasteiger charge is -2.30. The predicted octanol–water partition coefficient (Wildman–Crippen LogP) is 2.26. The molecule has 1 fully saturated rings. The number of hydrogen-bond acceptors (Lipinski definition) is 5. The van der Waals surface area contributed by atoms with E-state index >= 15 is 0 Å². The van der Waals surface area contributed by atoms with Gasteiger partial charge < -0.3 is 25.0 Å². The van der Waals surface area contributed by atoms with Crippen LogP contribution in [0.5, 0.6) is 0 Å². The summed E-state index contributed by atoms with van der Waals surface area (Å²) in [5.41, 5.74) is 1.21. The lowest BCUT2D eigenvalue weighted by Crippen LogP contribution is -2.45. The lowest BCUT2D eigenvalue weighted by atomic mass is 9.89. The smallest absolute Gasteiger partial charge is 0.191 e. The first-order valence-corrected chi connectivity index (χ1v) is 9.19. The van der Waals surface area contributed by atoms with Gasteiger partial charge in [-0.1, -0.05) is 26.8 Å². The molecule has 1 saturated heterocycles. The van der Waals surface area contributed by atoms with Crippen molar-refractivity contribution in [2.45, 2.75) is 33.4 Å². The largest absolute Gasteiger partial charge is 0.379 e. The van der Waals surface area contributed by atoms with Crippen molar-refractivity contribution < 1.29 is 9.47 Å². The Morgan fingerprint density at radius 2 is 2.04 bits per heavy atom. The number of aromatic nitrogens is 1. The second-order valence-corrected chi connectivity index (χ2v) is 7.48. The van der Waals surface area contributed by atoms with Gasteiger partial charge in [0.1, 0.15) is 5.82 Å². The highest BCUT2D eigenvalue weighted by Gasteiger charge is 2.24. The molecule has 0 aliphatic carbocycles. The molecular weight excluding hydrogens is 457 g/mol. The molecule has 0 amide bonds. The summed E-state index contributed by atoms with van der Waals surface area (Å²) in [6.45, 7) is 11.1. The fourth-order valence-corrected chi connectivity index (χ4v) is 2.96. The van der Waals surface area contributed by atoms with Gasteiger partial charge in [-0.2, -0.15) is 0 Å².